The molecular weight excluding hydrogens is 199 g/mol. The van der Waals surface area contributed by atoms with Crippen LogP contribution in [0.4, 0.5) is 13.2 Å². The number of rotatable bonds is 5. The normalized spacial score (nSPS) is 12.6. The maximum absolute atomic E-state index is 11.9. The van der Waals surface area contributed by atoms with Gasteiger partial charge < -0.3 is 5.11 Å². The van der Waals surface area contributed by atoms with Gasteiger partial charge in [0.05, 0.1) is 13.1 Å². The van der Waals surface area contributed by atoms with Gasteiger partial charge in [0.1, 0.15) is 0 Å². The molecule has 14 heavy (non-hydrogen) atoms. The second-order valence-corrected chi connectivity index (χ2v) is 2.75. The summed E-state index contributed by atoms with van der Waals surface area (Å²) in [7, 11) is 0. The van der Waals surface area contributed by atoms with E-state index in [2.05, 4.69) is 0 Å². The van der Waals surface area contributed by atoms with Crippen molar-refractivity contribution in [3.63, 3.8) is 0 Å². The van der Waals surface area contributed by atoms with Crippen LogP contribution >= 0.6 is 0 Å². The fourth-order valence-electron chi connectivity index (χ4n) is 0.884. The highest BCUT2D eigenvalue weighted by Gasteiger charge is 2.30. The molecule has 0 amide bonds. The first-order valence-electron chi connectivity index (χ1n) is 3.97. The number of nitrogens with zero attached hydrogens (tertiary/aromatic N) is 1. The van der Waals surface area contributed by atoms with Crippen LogP contribution in [0.15, 0.2) is 12.2 Å². The topological polar surface area (TPSA) is 40.5 Å². The maximum atomic E-state index is 11.9. The summed E-state index contributed by atoms with van der Waals surface area (Å²) in [5, 5.41) is 8.35. The van der Waals surface area contributed by atoms with Gasteiger partial charge in [-0.1, -0.05) is 12.2 Å². The Labute approximate surface area is 79.8 Å². The zero-order chi connectivity index (χ0) is 11.2. The van der Waals surface area contributed by atoms with Gasteiger partial charge in [-0.3, -0.25) is 9.69 Å². The standard InChI is InChI=1S/C8H12F3NO2/c1-2-3-4-12(5-7(13)14)6-8(9,10)11/h2-3H,4-6H2,1H3,(H,13,14). The van der Waals surface area contributed by atoms with Gasteiger partial charge in [-0.15, -0.1) is 0 Å². The van der Waals surface area contributed by atoms with E-state index in [1.165, 1.54) is 6.08 Å². The van der Waals surface area contributed by atoms with Crippen molar-refractivity contribution in [1.29, 1.82) is 0 Å². The van der Waals surface area contributed by atoms with E-state index in [9.17, 15) is 18.0 Å². The van der Waals surface area contributed by atoms with E-state index < -0.39 is 25.2 Å². The highest BCUT2D eigenvalue weighted by Crippen LogP contribution is 2.16. The molecule has 0 saturated carbocycles. The van der Waals surface area contributed by atoms with E-state index in [0.29, 0.717) is 0 Å². The molecular formula is C8H12F3NO2. The van der Waals surface area contributed by atoms with Crippen molar-refractivity contribution in [3.8, 4) is 0 Å². The lowest BCUT2D eigenvalue weighted by Crippen LogP contribution is -2.37. The van der Waals surface area contributed by atoms with Gasteiger partial charge in [0.2, 0.25) is 0 Å². The first kappa shape index (κ1) is 13.0. The minimum absolute atomic E-state index is 0.0116. The average Bonchev–Trinajstić information content (AvgIpc) is 1.96. The largest absolute Gasteiger partial charge is 0.480 e. The summed E-state index contributed by atoms with van der Waals surface area (Å²) >= 11 is 0. The summed E-state index contributed by atoms with van der Waals surface area (Å²) in [4.78, 5) is 11.0. The fourth-order valence-corrected chi connectivity index (χ4v) is 0.884. The first-order valence-corrected chi connectivity index (χ1v) is 3.97. The SMILES string of the molecule is CC=CCN(CC(=O)O)CC(F)(F)F. The van der Waals surface area contributed by atoms with Crippen LogP contribution < -0.4 is 0 Å². The van der Waals surface area contributed by atoms with Gasteiger partial charge >= 0.3 is 12.1 Å². The molecule has 82 valence electrons. The molecule has 0 aliphatic carbocycles. The number of allylic oxidation sites excluding steroid dienone is 1. The van der Waals surface area contributed by atoms with Crippen molar-refractivity contribution in [1.82, 2.24) is 4.90 Å². The Kier molecular flexibility index (Phi) is 5.22. The van der Waals surface area contributed by atoms with Crippen molar-refractivity contribution in [2.45, 2.75) is 13.1 Å². The fraction of sp³-hybridized carbons (Fsp3) is 0.625. The van der Waals surface area contributed by atoms with Crippen molar-refractivity contribution in [2.75, 3.05) is 19.6 Å². The summed E-state index contributed by atoms with van der Waals surface area (Å²) in [5.74, 6) is -1.27. The van der Waals surface area contributed by atoms with Gasteiger partial charge in [-0.25, -0.2) is 0 Å². The molecule has 0 aromatic heterocycles. The Morgan fingerprint density at radius 1 is 1.50 bits per heavy atom. The maximum Gasteiger partial charge on any atom is 0.401 e. The summed E-state index contributed by atoms with van der Waals surface area (Å²) in [6.07, 6.45) is -1.31. The molecule has 0 radical (unpaired) electrons. The highest BCUT2D eigenvalue weighted by molar-refractivity contribution is 5.69. The van der Waals surface area contributed by atoms with Crippen molar-refractivity contribution in [2.24, 2.45) is 0 Å². The van der Waals surface area contributed by atoms with Gasteiger partial charge in [0.25, 0.3) is 0 Å². The van der Waals surface area contributed by atoms with Crippen molar-refractivity contribution < 1.29 is 23.1 Å². The molecule has 0 heterocycles. The lowest BCUT2D eigenvalue weighted by molar-refractivity contribution is -0.152. The molecule has 0 aromatic rings. The lowest BCUT2D eigenvalue weighted by atomic mass is 10.4. The molecule has 3 nitrogen and oxygen atoms in total. The number of carboxylic acid groups (broad SMARTS) is 1. The van der Waals surface area contributed by atoms with E-state index in [1.54, 1.807) is 13.0 Å². The third kappa shape index (κ3) is 7.60. The van der Waals surface area contributed by atoms with Crippen LogP contribution in [-0.2, 0) is 4.79 Å². The number of carboxylic acids is 1. The van der Waals surface area contributed by atoms with Gasteiger partial charge in [0.15, 0.2) is 0 Å². The molecule has 0 unspecified atom stereocenters. The average molecular weight is 211 g/mol. The quantitative estimate of drug-likeness (QED) is 0.701. The number of halogens is 3. The van der Waals surface area contributed by atoms with Crippen LogP contribution in [0.1, 0.15) is 6.92 Å². The van der Waals surface area contributed by atoms with Crippen molar-refractivity contribution >= 4 is 5.97 Å². The molecule has 0 aliphatic rings. The Bertz CT molecular complexity index is 213. The van der Waals surface area contributed by atoms with Crippen LogP contribution in [0.3, 0.4) is 0 Å². The number of carbonyl (C=O) groups is 1. The molecule has 0 rings (SSSR count). The molecule has 0 spiro atoms. The van der Waals surface area contributed by atoms with Crippen LogP contribution in [0.5, 0.6) is 0 Å². The zero-order valence-electron chi connectivity index (χ0n) is 7.71. The Morgan fingerprint density at radius 2 is 2.07 bits per heavy atom. The molecule has 1 N–H and O–H groups in total. The van der Waals surface area contributed by atoms with E-state index in [-0.39, 0.29) is 6.54 Å². The third-order valence-electron chi connectivity index (χ3n) is 1.36. The molecule has 0 aliphatic heterocycles. The Hall–Kier alpha value is -1.04. The monoisotopic (exact) mass is 211 g/mol. The van der Waals surface area contributed by atoms with Crippen LogP contribution in [0, 0.1) is 0 Å². The molecule has 0 bridgehead atoms. The van der Waals surface area contributed by atoms with Gasteiger partial charge in [0, 0.05) is 6.54 Å². The Morgan fingerprint density at radius 3 is 2.43 bits per heavy atom. The molecule has 0 aromatic carbocycles. The summed E-state index contributed by atoms with van der Waals surface area (Å²) in [5.41, 5.74) is 0. The van der Waals surface area contributed by atoms with E-state index in [4.69, 9.17) is 5.11 Å². The minimum atomic E-state index is -4.36. The van der Waals surface area contributed by atoms with Crippen LogP contribution in [-0.4, -0.2) is 41.8 Å². The molecule has 0 saturated heterocycles. The van der Waals surface area contributed by atoms with E-state index >= 15 is 0 Å². The predicted octanol–water partition coefficient (Wildman–Crippen LogP) is 1.51. The smallest absolute Gasteiger partial charge is 0.401 e. The third-order valence-corrected chi connectivity index (χ3v) is 1.36. The van der Waals surface area contributed by atoms with Crippen molar-refractivity contribution in [3.05, 3.63) is 12.2 Å². The van der Waals surface area contributed by atoms with Gasteiger partial charge in [-0.2, -0.15) is 13.2 Å². The van der Waals surface area contributed by atoms with Gasteiger partial charge in [-0.05, 0) is 6.92 Å². The van der Waals surface area contributed by atoms with Crippen LogP contribution in [0.2, 0.25) is 0 Å². The minimum Gasteiger partial charge on any atom is -0.480 e. The van der Waals surface area contributed by atoms with E-state index in [1.807, 2.05) is 0 Å². The number of alkyl halides is 3. The highest BCUT2D eigenvalue weighted by atomic mass is 19.4. The van der Waals surface area contributed by atoms with Crippen LogP contribution in [0.25, 0.3) is 0 Å². The number of hydrogen-bond donors (Lipinski definition) is 1. The zero-order valence-corrected chi connectivity index (χ0v) is 7.71. The molecule has 0 fully saturated rings. The molecule has 6 heteroatoms. The summed E-state index contributed by atoms with van der Waals surface area (Å²) < 4.78 is 35.8. The summed E-state index contributed by atoms with van der Waals surface area (Å²) in [6, 6.07) is 0. The Balaban J connectivity index is 4.17. The number of aliphatic carboxylic acids is 1. The lowest BCUT2D eigenvalue weighted by Gasteiger charge is -2.19. The first-order chi connectivity index (χ1) is 6.35. The molecule has 0 atom stereocenters. The second kappa shape index (κ2) is 5.64. The summed E-state index contributed by atoms with van der Waals surface area (Å²) in [6.45, 7) is -0.164. The predicted molar refractivity (Wildman–Crippen MR) is 44.9 cm³/mol. The second-order valence-electron chi connectivity index (χ2n) is 2.75. The number of hydrogen-bond acceptors (Lipinski definition) is 2. The van der Waals surface area contributed by atoms with E-state index in [0.717, 1.165) is 4.90 Å².